The molecule has 0 aromatic heterocycles. The average molecular weight is 246 g/mol. The zero-order valence-corrected chi connectivity index (χ0v) is 9.92. The van der Waals surface area contributed by atoms with E-state index < -0.39 is 6.10 Å². The molecule has 3 heteroatoms. The van der Waals surface area contributed by atoms with E-state index in [1.807, 2.05) is 30.3 Å². The number of rotatable bonds is 5. The van der Waals surface area contributed by atoms with Gasteiger partial charge >= 0.3 is 0 Å². The molecule has 1 atom stereocenters. The van der Waals surface area contributed by atoms with Crippen LogP contribution in [0.15, 0.2) is 54.6 Å². The van der Waals surface area contributed by atoms with Crippen LogP contribution in [0.4, 0.5) is 4.39 Å². The third-order valence-corrected chi connectivity index (χ3v) is 2.67. The maximum Gasteiger partial charge on any atom is 0.129 e. The van der Waals surface area contributed by atoms with Gasteiger partial charge in [-0.25, -0.2) is 4.39 Å². The van der Waals surface area contributed by atoms with Gasteiger partial charge in [0, 0.05) is 5.56 Å². The minimum absolute atomic E-state index is 0.0855. The fourth-order valence-corrected chi connectivity index (χ4v) is 1.85. The van der Waals surface area contributed by atoms with E-state index in [2.05, 4.69) is 0 Å². The van der Waals surface area contributed by atoms with Gasteiger partial charge in [0.1, 0.15) is 11.9 Å². The number of ether oxygens (including phenoxy) is 1. The van der Waals surface area contributed by atoms with Gasteiger partial charge in [-0.1, -0.05) is 48.5 Å². The summed E-state index contributed by atoms with van der Waals surface area (Å²) in [5.41, 5.74) is 1.35. The van der Waals surface area contributed by atoms with Crippen LogP contribution < -0.4 is 0 Å². The molecule has 2 rings (SSSR count). The van der Waals surface area contributed by atoms with Crippen molar-refractivity contribution in [1.82, 2.24) is 0 Å². The Labute approximate surface area is 106 Å². The maximum absolute atomic E-state index is 13.8. The monoisotopic (exact) mass is 246 g/mol. The Morgan fingerprint density at radius 2 is 1.67 bits per heavy atom. The number of aliphatic hydroxyl groups is 1. The molecular weight excluding hydrogens is 231 g/mol. The van der Waals surface area contributed by atoms with E-state index in [1.165, 1.54) is 6.07 Å². The van der Waals surface area contributed by atoms with E-state index in [9.17, 15) is 4.39 Å². The molecule has 0 saturated heterocycles. The van der Waals surface area contributed by atoms with Crippen LogP contribution in [0.3, 0.4) is 0 Å². The predicted molar refractivity (Wildman–Crippen MR) is 67.7 cm³/mol. The van der Waals surface area contributed by atoms with Gasteiger partial charge in [0.25, 0.3) is 0 Å². The van der Waals surface area contributed by atoms with Crippen LogP contribution in [0, 0.1) is 5.82 Å². The van der Waals surface area contributed by atoms with Crippen molar-refractivity contribution < 1.29 is 14.2 Å². The lowest BCUT2D eigenvalue weighted by molar-refractivity contribution is 0.0483. The summed E-state index contributed by atoms with van der Waals surface area (Å²) in [5, 5.41) is 8.86. The van der Waals surface area contributed by atoms with Crippen molar-refractivity contribution in [2.75, 3.05) is 13.2 Å². The zero-order chi connectivity index (χ0) is 12.8. The van der Waals surface area contributed by atoms with Crippen LogP contribution >= 0.6 is 0 Å². The van der Waals surface area contributed by atoms with Gasteiger partial charge in [-0.3, -0.25) is 0 Å². The molecule has 0 aliphatic heterocycles. The molecule has 2 aromatic carbocycles. The van der Waals surface area contributed by atoms with Gasteiger partial charge in [0.05, 0.1) is 13.2 Å². The Balaban J connectivity index is 2.34. The van der Waals surface area contributed by atoms with Gasteiger partial charge in [0.15, 0.2) is 0 Å². The number of aliphatic hydroxyl groups excluding tert-OH is 1. The average Bonchev–Trinajstić information content (AvgIpc) is 2.42. The molecule has 0 spiro atoms. The molecule has 0 amide bonds. The molecule has 1 N–H and O–H groups in total. The van der Waals surface area contributed by atoms with Gasteiger partial charge in [-0.2, -0.15) is 0 Å². The summed E-state index contributed by atoms with van der Waals surface area (Å²) in [4.78, 5) is 0. The first-order valence-corrected chi connectivity index (χ1v) is 5.84. The highest BCUT2D eigenvalue weighted by atomic mass is 19.1. The highest BCUT2D eigenvalue weighted by molar-refractivity contribution is 5.30. The Kier molecular flexibility index (Phi) is 4.45. The summed E-state index contributed by atoms with van der Waals surface area (Å²) in [7, 11) is 0. The number of halogens is 1. The maximum atomic E-state index is 13.8. The van der Waals surface area contributed by atoms with E-state index in [0.29, 0.717) is 5.56 Å². The molecule has 0 saturated carbocycles. The lowest BCUT2D eigenvalue weighted by Crippen LogP contribution is -2.11. The molecule has 0 aliphatic rings. The predicted octanol–water partition coefficient (Wildman–Crippen LogP) is 2.92. The second kappa shape index (κ2) is 6.28. The van der Waals surface area contributed by atoms with Crippen LogP contribution in [-0.4, -0.2) is 18.3 Å². The van der Waals surface area contributed by atoms with Crippen molar-refractivity contribution in [3.63, 3.8) is 0 Å². The Bertz CT molecular complexity index is 485. The zero-order valence-electron chi connectivity index (χ0n) is 9.92. The van der Waals surface area contributed by atoms with E-state index in [0.717, 1.165) is 5.56 Å². The number of hydrogen-bond acceptors (Lipinski definition) is 2. The smallest absolute Gasteiger partial charge is 0.129 e. The van der Waals surface area contributed by atoms with Gasteiger partial charge in [0.2, 0.25) is 0 Å². The molecule has 0 aliphatic carbocycles. The Morgan fingerprint density at radius 1 is 1.00 bits per heavy atom. The molecule has 0 radical (unpaired) electrons. The summed E-state index contributed by atoms with van der Waals surface area (Å²) in [5.74, 6) is -0.302. The lowest BCUT2D eigenvalue weighted by Gasteiger charge is -2.19. The standard InChI is InChI=1S/C15H15FO2/c16-14-9-5-4-8-13(14)15(18-11-10-17)12-6-2-1-3-7-12/h1-9,15,17H,10-11H2. The highest BCUT2D eigenvalue weighted by Crippen LogP contribution is 2.27. The number of hydrogen-bond donors (Lipinski definition) is 1. The third-order valence-electron chi connectivity index (χ3n) is 2.67. The van der Waals surface area contributed by atoms with Crippen molar-refractivity contribution in [3.05, 3.63) is 71.5 Å². The summed E-state index contributed by atoms with van der Waals surface area (Å²) in [6, 6.07) is 16.0. The molecule has 2 nitrogen and oxygen atoms in total. The molecule has 94 valence electrons. The topological polar surface area (TPSA) is 29.5 Å². The van der Waals surface area contributed by atoms with Crippen LogP contribution in [0.25, 0.3) is 0 Å². The Morgan fingerprint density at radius 3 is 2.33 bits per heavy atom. The minimum atomic E-state index is -0.487. The molecular formula is C15H15FO2. The van der Waals surface area contributed by atoms with Crippen molar-refractivity contribution in [1.29, 1.82) is 0 Å². The van der Waals surface area contributed by atoms with E-state index in [1.54, 1.807) is 18.2 Å². The summed E-state index contributed by atoms with van der Waals surface area (Å²) in [6.45, 7) is 0.0890. The SMILES string of the molecule is OCCOC(c1ccccc1)c1ccccc1F. The lowest BCUT2D eigenvalue weighted by atomic mass is 10.0. The van der Waals surface area contributed by atoms with Crippen molar-refractivity contribution in [2.45, 2.75) is 6.10 Å². The largest absolute Gasteiger partial charge is 0.394 e. The molecule has 0 bridgehead atoms. The first-order chi connectivity index (χ1) is 8.83. The highest BCUT2D eigenvalue weighted by Gasteiger charge is 2.17. The quantitative estimate of drug-likeness (QED) is 0.879. The fourth-order valence-electron chi connectivity index (χ4n) is 1.85. The second-order valence-electron chi connectivity index (χ2n) is 3.91. The van der Waals surface area contributed by atoms with Crippen molar-refractivity contribution >= 4 is 0 Å². The van der Waals surface area contributed by atoms with Gasteiger partial charge in [-0.05, 0) is 11.6 Å². The van der Waals surface area contributed by atoms with Crippen LogP contribution in [-0.2, 0) is 4.74 Å². The summed E-state index contributed by atoms with van der Waals surface area (Å²) >= 11 is 0. The first kappa shape index (κ1) is 12.7. The summed E-state index contributed by atoms with van der Waals surface area (Å²) in [6.07, 6.45) is -0.487. The molecule has 18 heavy (non-hydrogen) atoms. The van der Waals surface area contributed by atoms with Crippen LogP contribution in [0.2, 0.25) is 0 Å². The van der Waals surface area contributed by atoms with Gasteiger partial charge in [-0.15, -0.1) is 0 Å². The summed E-state index contributed by atoms with van der Waals surface area (Å²) < 4.78 is 19.4. The molecule has 2 aromatic rings. The second-order valence-corrected chi connectivity index (χ2v) is 3.91. The third kappa shape index (κ3) is 2.94. The molecule has 0 fully saturated rings. The molecule has 0 heterocycles. The van der Waals surface area contributed by atoms with E-state index >= 15 is 0 Å². The minimum Gasteiger partial charge on any atom is -0.394 e. The van der Waals surface area contributed by atoms with Crippen molar-refractivity contribution in [3.8, 4) is 0 Å². The fraction of sp³-hybridized carbons (Fsp3) is 0.200. The number of benzene rings is 2. The Hall–Kier alpha value is -1.71. The normalized spacial score (nSPS) is 12.3. The van der Waals surface area contributed by atoms with Crippen LogP contribution in [0.1, 0.15) is 17.2 Å². The van der Waals surface area contributed by atoms with Crippen LogP contribution in [0.5, 0.6) is 0 Å². The van der Waals surface area contributed by atoms with E-state index in [-0.39, 0.29) is 19.0 Å². The van der Waals surface area contributed by atoms with Crippen molar-refractivity contribution in [2.24, 2.45) is 0 Å². The first-order valence-electron chi connectivity index (χ1n) is 5.84. The molecule has 1 unspecified atom stereocenters. The van der Waals surface area contributed by atoms with Gasteiger partial charge < -0.3 is 9.84 Å². The van der Waals surface area contributed by atoms with E-state index in [4.69, 9.17) is 9.84 Å².